The van der Waals surface area contributed by atoms with E-state index in [1.54, 1.807) is 41.3 Å². The molecule has 0 aliphatic carbocycles. The number of hydrogen-bond donors (Lipinski definition) is 1. The molecule has 1 N–H and O–H groups in total. The van der Waals surface area contributed by atoms with Crippen LogP contribution in [0.3, 0.4) is 0 Å². The minimum Gasteiger partial charge on any atom is -0.337 e. The Morgan fingerprint density at radius 1 is 1.03 bits per heavy atom. The molecule has 1 saturated heterocycles. The highest BCUT2D eigenvalue weighted by Crippen LogP contribution is 2.21. The Morgan fingerprint density at radius 3 is 2.62 bits per heavy atom. The summed E-state index contributed by atoms with van der Waals surface area (Å²) in [6.45, 7) is 0.809. The molecule has 1 atom stereocenters. The van der Waals surface area contributed by atoms with E-state index in [4.69, 9.17) is 5.26 Å². The molecule has 0 spiro atoms. The van der Waals surface area contributed by atoms with Crippen molar-refractivity contribution in [2.45, 2.75) is 23.9 Å². The number of sulfonamides is 1. The largest absolute Gasteiger partial charge is 0.337 e. The molecule has 0 bridgehead atoms. The predicted octanol–water partition coefficient (Wildman–Crippen LogP) is 2.79. The summed E-state index contributed by atoms with van der Waals surface area (Å²) < 4.78 is 28.2. The zero-order chi connectivity index (χ0) is 20.4. The van der Waals surface area contributed by atoms with Crippen molar-refractivity contribution in [3.63, 3.8) is 0 Å². The van der Waals surface area contributed by atoms with Gasteiger partial charge in [0.25, 0.3) is 0 Å². The van der Waals surface area contributed by atoms with Crippen molar-refractivity contribution in [3.05, 3.63) is 77.9 Å². The van der Waals surface area contributed by atoms with Crippen LogP contribution in [0, 0.1) is 11.3 Å². The van der Waals surface area contributed by atoms with Crippen molar-refractivity contribution in [2.75, 3.05) is 6.54 Å². The molecule has 6 nitrogen and oxygen atoms in total. The third-order valence-corrected chi connectivity index (χ3v) is 6.52. The van der Waals surface area contributed by atoms with Crippen LogP contribution in [0.25, 0.3) is 10.8 Å². The average molecular weight is 405 g/mol. The van der Waals surface area contributed by atoms with E-state index in [-0.39, 0.29) is 10.8 Å². The number of hydrogen-bond acceptors (Lipinski definition) is 4. The highest BCUT2D eigenvalue weighted by Gasteiger charge is 2.34. The SMILES string of the molecule is N#Cc1cccc(CN2CC[C@H](NS(=O)(=O)c3ccc4ccccc4c3)C2=O)c1. The summed E-state index contributed by atoms with van der Waals surface area (Å²) in [5.74, 6) is -0.253. The Balaban J connectivity index is 1.48. The number of fused-ring (bicyclic) bond motifs is 1. The first-order valence-corrected chi connectivity index (χ1v) is 10.7. The molecule has 3 aromatic carbocycles. The summed E-state index contributed by atoms with van der Waals surface area (Å²) in [6, 6.07) is 20.8. The van der Waals surface area contributed by atoms with E-state index in [0.717, 1.165) is 16.3 Å². The maximum Gasteiger partial charge on any atom is 0.241 e. The Bertz CT molecular complexity index is 1230. The predicted molar refractivity (Wildman–Crippen MR) is 109 cm³/mol. The fourth-order valence-corrected chi connectivity index (χ4v) is 4.81. The van der Waals surface area contributed by atoms with Crippen LogP contribution in [0.5, 0.6) is 0 Å². The molecule has 0 unspecified atom stereocenters. The van der Waals surface area contributed by atoms with E-state index in [2.05, 4.69) is 10.8 Å². The molecule has 3 aromatic rings. The number of nitrogens with one attached hydrogen (secondary N) is 1. The number of carbonyl (C=O) groups excluding carboxylic acids is 1. The maximum absolute atomic E-state index is 12.8. The van der Waals surface area contributed by atoms with Crippen LogP contribution in [0.4, 0.5) is 0 Å². The molecule has 0 aromatic heterocycles. The normalized spacial score (nSPS) is 16.9. The van der Waals surface area contributed by atoms with Crippen molar-refractivity contribution in [1.29, 1.82) is 5.26 Å². The van der Waals surface area contributed by atoms with Gasteiger partial charge in [0, 0.05) is 13.1 Å². The fourth-order valence-electron chi connectivity index (χ4n) is 3.55. The highest BCUT2D eigenvalue weighted by atomic mass is 32.2. The molecule has 1 heterocycles. The molecule has 1 aliphatic rings. The van der Waals surface area contributed by atoms with Crippen molar-refractivity contribution < 1.29 is 13.2 Å². The molecular formula is C22H19N3O3S. The van der Waals surface area contributed by atoms with Gasteiger partial charge in [0.05, 0.1) is 16.5 Å². The van der Waals surface area contributed by atoms with Crippen LogP contribution in [-0.4, -0.2) is 31.8 Å². The van der Waals surface area contributed by atoms with Crippen LogP contribution >= 0.6 is 0 Å². The summed E-state index contributed by atoms with van der Waals surface area (Å²) in [4.78, 5) is 14.5. The molecule has 0 radical (unpaired) electrons. The Hall–Kier alpha value is -3.21. The lowest BCUT2D eigenvalue weighted by molar-refractivity contribution is -0.129. The summed E-state index contributed by atoms with van der Waals surface area (Å²) in [5, 5.41) is 10.8. The molecule has 7 heteroatoms. The first kappa shape index (κ1) is 19.1. The van der Waals surface area contributed by atoms with Crippen molar-refractivity contribution in [1.82, 2.24) is 9.62 Å². The second-order valence-corrected chi connectivity index (χ2v) is 8.76. The van der Waals surface area contributed by atoms with Gasteiger partial charge in [0.2, 0.25) is 15.9 Å². The molecule has 1 amide bonds. The quantitative estimate of drug-likeness (QED) is 0.707. The van der Waals surface area contributed by atoms with Crippen molar-refractivity contribution in [2.24, 2.45) is 0 Å². The van der Waals surface area contributed by atoms with Crippen LogP contribution in [-0.2, 0) is 21.4 Å². The molecule has 1 aliphatic heterocycles. The van der Waals surface area contributed by atoms with E-state index in [1.165, 1.54) is 0 Å². The number of carbonyl (C=O) groups is 1. The van der Waals surface area contributed by atoms with Gasteiger partial charge in [-0.3, -0.25) is 4.79 Å². The monoisotopic (exact) mass is 405 g/mol. The summed E-state index contributed by atoms with van der Waals surface area (Å²) >= 11 is 0. The topological polar surface area (TPSA) is 90.3 Å². The van der Waals surface area contributed by atoms with E-state index in [1.807, 2.05) is 30.3 Å². The zero-order valence-electron chi connectivity index (χ0n) is 15.6. The lowest BCUT2D eigenvalue weighted by Crippen LogP contribution is -2.41. The van der Waals surface area contributed by atoms with Crippen molar-refractivity contribution >= 4 is 26.7 Å². The fraction of sp³-hybridized carbons (Fsp3) is 0.182. The third kappa shape index (κ3) is 3.99. The molecule has 1 fully saturated rings. The second-order valence-electron chi connectivity index (χ2n) is 7.04. The lowest BCUT2D eigenvalue weighted by atomic mass is 10.1. The Labute approximate surface area is 169 Å². The Kier molecular flexibility index (Phi) is 5.05. The number of likely N-dealkylation sites (tertiary alicyclic amines) is 1. The van der Waals surface area contributed by atoms with E-state index in [0.29, 0.717) is 25.1 Å². The molecule has 4 rings (SSSR count). The molecule has 0 saturated carbocycles. The van der Waals surface area contributed by atoms with Gasteiger partial charge >= 0.3 is 0 Å². The van der Waals surface area contributed by atoms with Gasteiger partial charge < -0.3 is 4.90 Å². The van der Waals surface area contributed by atoms with Gasteiger partial charge in [-0.1, -0.05) is 42.5 Å². The van der Waals surface area contributed by atoms with E-state index in [9.17, 15) is 13.2 Å². The minimum absolute atomic E-state index is 0.143. The lowest BCUT2D eigenvalue weighted by Gasteiger charge is -2.17. The number of nitrogens with zero attached hydrogens (tertiary/aromatic N) is 2. The van der Waals surface area contributed by atoms with E-state index < -0.39 is 16.1 Å². The van der Waals surface area contributed by atoms with Gasteiger partial charge in [-0.05, 0) is 47.0 Å². The highest BCUT2D eigenvalue weighted by molar-refractivity contribution is 7.89. The standard InChI is InChI=1S/C22H19N3O3S/c23-14-16-4-3-5-17(12-16)15-25-11-10-21(22(25)26)24-29(27,28)20-9-8-18-6-1-2-7-19(18)13-20/h1-9,12-13,21,24H,10-11,15H2/t21-/m0/s1. The van der Waals surface area contributed by atoms with Crippen LogP contribution in [0.2, 0.25) is 0 Å². The van der Waals surface area contributed by atoms with Crippen LogP contribution in [0.15, 0.2) is 71.6 Å². The molecule has 29 heavy (non-hydrogen) atoms. The van der Waals surface area contributed by atoms with E-state index >= 15 is 0 Å². The van der Waals surface area contributed by atoms with Crippen LogP contribution in [0.1, 0.15) is 17.5 Å². The smallest absolute Gasteiger partial charge is 0.241 e. The van der Waals surface area contributed by atoms with Gasteiger partial charge in [-0.15, -0.1) is 0 Å². The third-order valence-electron chi connectivity index (χ3n) is 5.06. The van der Waals surface area contributed by atoms with Crippen LogP contribution < -0.4 is 4.72 Å². The van der Waals surface area contributed by atoms with Gasteiger partial charge in [0.15, 0.2) is 0 Å². The first-order chi connectivity index (χ1) is 14.0. The summed E-state index contributed by atoms with van der Waals surface area (Å²) in [7, 11) is -3.82. The number of rotatable bonds is 5. The van der Waals surface area contributed by atoms with Gasteiger partial charge in [-0.25, -0.2) is 8.42 Å². The number of amides is 1. The molecule has 146 valence electrons. The second kappa shape index (κ2) is 7.66. The summed E-state index contributed by atoms with van der Waals surface area (Å²) in [6.07, 6.45) is 0.406. The van der Waals surface area contributed by atoms with Gasteiger partial charge in [0.1, 0.15) is 6.04 Å². The van der Waals surface area contributed by atoms with Gasteiger partial charge in [-0.2, -0.15) is 9.98 Å². The molecular weight excluding hydrogens is 386 g/mol. The Morgan fingerprint density at radius 2 is 1.83 bits per heavy atom. The number of benzene rings is 3. The zero-order valence-corrected chi connectivity index (χ0v) is 16.4. The first-order valence-electron chi connectivity index (χ1n) is 9.25. The number of nitriles is 1. The average Bonchev–Trinajstić information content (AvgIpc) is 3.06. The van der Waals surface area contributed by atoms with Crippen molar-refractivity contribution in [3.8, 4) is 6.07 Å². The minimum atomic E-state index is -3.82. The maximum atomic E-state index is 12.8. The summed E-state index contributed by atoms with van der Waals surface area (Å²) in [5.41, 5.74) is 1.37.